The third kappa shape index (κ3) is 4.81. The molecule has 31 heavy (non-hydrogen) atoms. The molecule has 1 fully saturated rings. The van der Waals surface area contributed by atoms with Crippen LogP contribution in [0.5, 0.6) is 0 Å². The Kier molecular flexibility index (Phi) is 6.70. The maximum Gasteiger partial charge on any atom is 0.251 e. The lowest BCUT2D eigenvalue weighted by Crippen LogP contribution is -2.36. The molecule has 2 aliphatic rings. The Hall–Kier alpha value is -1.89. The van der Waals surface area contributed by atoms with E-state index in [2.05, 4.69) is 23.5 Å². The van der Waals surface area contributed by atoms with Gasteiger partial charge >= 0.3 is 0 Å². The molecule has 1 amide bonds. The number of carbonyl (C=O) groups is 1. The highest BCUT2D eigenvalue weighted by Crippen LogP contribution is 2.29. The minimum absolute atomic E-state index is 0.00477. The van der Waals surface area contributed by atoms with Gasteiger partial charge in [-0.3, -0.25) is 4.79 Å². The Labute approximate surface area is 189 Å². The fourth-order valence-electron chi connectivity index (χ4n) is 4.47. The molecule has 2 aromatic rings. The van der Waals surface area contributed by atoms with Gasteiger partial charge < -0.3 is 5.32 Å². The van der Waals surface area contributed by atoms with Crippen molar-refractivity contribution in [1.29, 1.82) is 0 Å². The third-order valence-electron chi connectivity index (χ3n) is 6.35. The number of nitrogens with zero attached hydrogens (tertiary/aromatic N) is 1. The lowest BCUT2D eigenvalue weighted by Gasteiger charge is -2.26. The molecular formula is C24H29ClN2O3S. The minimum Gasteiger partial charge on any atom is -0.346 e. The second-order valence-electron chi connectivity index (χ2n) is 8.54. The second-order valence-corrected chi connectivity index (χ2v) is 10.9. The summed E-state index contributed by atoms with van der Waals surface area (Å²) in [6, 6.07) is 10.7. The zero-order valence-corrected chi connectivity index (χ0v) is 19.4. The Balaban J connectivity index is 1.53. The first-order valence-electron chi connectivity index (χ1n) is 11.1. The van der Waals surface area contributed by atoms with Gasteiger partial charge in [0.2, 0.25) is 10.0 Å². The van der Waals surface area contributed by atoms with Crippen LogP contribution in [-0.4, -0.2) is 31.7 Å². The van der Waals surface area contributed by atoms with Crippen molar-refractivity contribution < 1.29 is 13.2 Å². The number of amides is 1. The van der Waals surface area contributed by atoms with Crippen LogP contribution >= 0.6 is 11.6 Å². The molecule has 2 aromatic carbocycles. The molecule has 1 N–H and O–H groups in total. The van der Waals surface area contributed by atoms with Crippen molar-refractivity contribution in [2.45, 2.75) is 62.8 Å². The van der Waals surface area contributed by atoms with Crippen LogP contribution in [0.25, 0.3) is 0 Å². The molecule has 1 aliphatic carbocycles. The van der Waals surface area contributed by atoms with Crippen molar-refractivity contribution in [2.75, 3.05) is 13.1 Å². The Morgan fingerprint density at radius 1 is 0.968 bits per heavy atom. The average Bonchev–Trinajstić information content (AvgIpc) is 2.79. The van der Waals surface area contributed by atoms with Gasteiger partial charge in [0, 0.05) is 18.7 Å². The molecule has 0 saturated carbocycles. The van der Waals surface area contributed by atoms with E-state index in [1.165, 1.54) is 40.4 Å². The molecule has 1 saturated heterocycles. The van der Waals surface area contributed by atoms with E-state index in [4.69, 9.17) is 11.6 Å². The van der Waals surface area contributed by atoms with Crippen LogP contribution in [0.4, 0.5) is 0 Å². The summed E-state index contributed by atoms with van der Waals surface area (Å²) < 4.78 is 27.6. The molecule has 0 radical (unpaired) electrons. The van der Waals surface area contributed by atoms with E-state index in [-0.39, 0.29) is 21.9 Å². The largest absolute Gasteiger partial charge is 0.346 e. The predicted molar refractivity (Wildman–Crippen MR) is 123 cm³/mol. The number of piperidine rings is 1. The van der Waals surface area contributed by atoms with Gasteiger partial charge in [0.15, 0.2) is 0 Å². The van der Waals surface area contributed by atoms with Gasteiger partial charge in [-0.2, -0.15) is 4.31 Å². The summed E-state index contributed by atoms with van der Waals surface area (Å²) in [5.41, 5.74) is 4.12. The molecule has 5 nitrogen and oxygen atoms in total. The number of halogens is 1. The first-order chi connectivity index (χ1) is 14.9. The Morgan fingerprint density at radius 2 is 1.68 bits per heavy atom. The van der Waals surface area contributed by atoms with Crippen molar-refractivity contribution in [2.24, 2.45) is 0 Å². The van der Waals surface area contributed by atoms with Crippen LogP contribution in [0.3, 0.4) is 0 Å². The van der Waals surface area contributed by atoms with Crippen LogP contribution in [-0.2, 0) is 22.9 Å². The van der Waals surface area contributed by atoms with E-state index in [0.29, 0.717) is 18.7 Å². The Morgan fingerprint density at radius 3 is 2.42 bits per heavy atom. The van der Waals surface area contributed by atoms with E-state index in [9.17, 15) is 13.2 Å². The monoisotopic (exact) mass is 460 g/mol. The molecular weight excluding hydrogens is 432 g/mol. The first-order valence-corrected chi connectivity index (χ1v) is 12.9. The number of fused-ring (bicyclic) bond motifs is 1. The summed E-state index contributed by atoms with van der Waals surface area (Å²) >= 11 is 6.24. The van der Waals surface area contributed by atoms with Gasteiger partial charge in [0.25, 0.3) is 5.91 Å². The smallest absolute Gasteiger partial charge is 0.251 e. The van der Waals surface area contributed by atoms with Gasteiger partial charge in [-0.05, 0) is 80.3 Å². The van der Waals surface area contributed by atoms with Crippen molar-refractivity contribution in [3.05, 3.63) is 63.7 Å². The molecule has 0 unspecified atom stereocenters. The summed E-state index contributed by atoms with van der Waals surface area (Å²) in [5, 5.41) is 3.15. The minimum atomic E-state index is -3.72. The van der Waals surface area contributed by atoms with Crippen molar-refractivity contribution in [1.82, 2.24) is 9.62 Å². The Bertz CT molecular complexity index is 1080. The molecule has 1 heterocycles. The standard InChI is InChI=1S/C24H29ClN2O3S/c1-17(19-10-9-18-7-3-4-8-20(18)15-19)26-24(28)21-11-12-22(25)23(16-21)31(29,30)27-13-5-2-6-14-27/h9-12,15-17H,2-8,13-14H2,1H3,(H,26,28)/t17-/m1/s1. The molecule has 0 spiro atoms. The average molecular weight is 461 g/mol. The summed E-state index contributed by atoms with van der Waals surface area (Å²) in [7, 11) is -3.72. The number of hydrogen-bond donors (Lipinski definition) is 1. The number of aryl methyl sites for hydroxylation is 2. The van der Waals surface area contributed by atoms with Gasteiger partial charge in [0.1, 0.15) is 4.90 Å². The topological polar surface area (TPSA) is 66.5 Å². The molecule has 0 bridgehead atoms. The highest BCUT2D eigenvalue weighted by Gasteiger charge is 2.29. The maximum atomic E-state index is 13.1. The number of nitrogens with one attached hydrogen (secondary N) is 1. The van der Waals surface area contributed by atoms with Crippen LogP contribution in [0.2, 0.25) is 5.02 Å². The summed E-state index contributed by atoms with van der Waals surface area (Å²) in [4.78, 5) is 12.9. The van der Waals surface area contributed by atoms with Crippen molar-refractivity contribution in [3.63, 3.8) is 0 Å². The van der Waals surface area contributed by atoms with Crippen LogP contribution in [0.1, 0.15) is 72.1 Å². The number of rotatable bonds is 5. The second kappa shape index (κ2) is 9.31. The van der Waals surface area contributed by atoms with E-state index in [1.807, 2.05) is 6.92 Å². The molecule has 0 aromatic heterocycles. The van der Waals surface area contributed by atoms with Crippen LogP contribution < -0.4 is 5.32 Å². The van der Waals surface area contributed by atoms with Gasteiger partial charge in [0.05, 0.1) is 11.1 Å². The number of sulfonamides is 1. The summed E-state index contributed by atoms with van der Waals surface area (Å²) in [6.45, 7) is 2.93. The third-order valence-corrected chi connectivity index (χ3v) is 8.73. The molecule has 1 atom stereocenters. The van der Waals surface area contributed by atoms with Crippen molar-refractivity contribution in [3.8, 4) is 0 Å². The van der Waals surface area contributed by atoms with Crippen LogP contribution in [0.15, 0.2) is 41.3 Å². The number of benzene rings is 2. The van der Waals surface area contributed by atoms with Gasteiger partial charge in [-0.1, -0.05) is 36.2 Å². The lowest BCUT2D eigenvalue weighted by atomic mass is 9.89. The fraction of sp³-hybridized carbons (Fsp3) is 0.458. The van der Waals surface area contributed by atoms with Gasteiger partial charge in [-0.15, -0.1) is 0 Å². The molecule has 7 heteroatoms. The number of hydrogen-bond acceptors (Lipinski definition) is 3. The van der Waals surface area contributed by atoms with Gasteiger partial charge in [-0.25, -0.2) is 8.42 Å². The summed E-state index contributed by atoms with van der Waals surface area (Å²) in [6.07, 6.45) is 7.36. The number of carbonyl (C=O) groups excluding carboxylic acids is 1. The highest BCUT2D eigenvalue weighted by molar-refractivity contribution is 7.89. The first kappa shape index (κ1) is 22.3. The van der Waals surface area contributed by atoms with E-state index < -0.39 is 10.0 Å². The zero-order valence-electron chi connectivity index (χ0n) is 17.9. The maximum absolute atomic E-state index is 13.1. The molecule has 4 rings (SSSR count). The van der Waals surface area contributed by atoms with Crippen molar-refractivity contribution >= 4 is 27.5 Å². The normalized spacial score (nSPS) is 18.3. The molecule has 1 aliphatic heterocycles. The predicted octanol–water partition coefficient (Wildman–Crippen LogP) is 4.88. The summed E-state index contributed by atoms with van der Waals surface area (Å²) in [5.74, 6) is -0.308. The quantitative estimate of drug-likeness (QED) is 0.691. The van der Waals surface area contributed by atoms with E-state index in [0.717, 1.165) is 37.7 Å². The van der Waals surface area contributed by atoms with E-state index >= 15 is 0 Å². The highest BCUT2D eigenvalue weighted by atomic mass is 35.5. The SMILES string of the molecule is C[C@@H](NC(=O)c1ccc(Cl)c(S(=O)(=O)N2CCCCC2)c1)c1ccc2c(c1)CCCC2. The van der Waals surface area contributed by atoms with Crippen LogP contribution in [0, 0.1) is 0 Å². The van der Waals surface area contributed by atoms with E-state index in [1.54, 1.807) is 6.07 Å². The fourth-order valence-corrected chi connectivity index (χ4v) is 6.49. The lowest BCUT2D eigenvalue weighted by molar-refractivity contribution is 0.0939. The molecule has 166 valence electrons. The zero-order chi connectivity index (χ0) is 22.0.